The molecule has 0 saturated carbocycles. The van der Waals surface area contributed by atoms with Gasteiger partial charge in [-0.05, 0) is 89.9 Å². The number of esters is 1. The Labute approximate surface area is 562 Å². The molecule has 6 heteroatoms. The summed E-state index contributed by atoms with van der Waals surface area (Å²) in [4.78, 5) is 24.6. The lowest BCUT2D eigenvalue weighted by Gasteiger charge is -2.20. The summed E-state index contributed by atoms with van der Waals surface area (Å²) < 4.78 is 5.48. The lowest BCUT2D eigenvalue weighted by atomic mass is 10.0. The third kappa shape index (κ3) is 74.6. The van der Waals surface area contributed by atoms with Gasteiger partial charge in [0, 0.05) is 12.8 Å². The summed E-state index contributed by atoms with van der Waals surface area (Å²) in [6.07, 6.45) is 106. The van der Waals surface area contributed by atoms with E-state index in [0.717, 1.165) is 57.8 Å². The Morgan fingerprint density at radius 1 is 0.311 bits per heavy atom. The van der Waals surface area contributed by atoms with Crippen molar-refractivity contribution in [3.8, 4) is 0 Å². The summed E-state index contributed by atoms with van der Waals surface area (Å²) >= 11 is 0. The van der Waals surface area contributed by atoms with Crippen molar-refractivity contribution in [3.05, 3.63) is 60.8 Å². The zero-order chi connectivity index (χ0) is 64.9. The summed E-state index contributed by atoms with van der Waals surface area (Å²) in [7, 11) is 0. The molecule has 0 aliphatic heterocycles. The van der Waals surface area contributed by atoms with Gasteiger partial charge in [-0.15, -0.1) is 0 Å². The fraction of sp³-hybridized carbons (Fsp3) is 0.857. The van der Waals surface area contributed by atoms with Crippen molar-refractivity contribution >= 4 is 11.9 Å². The number of nitrogens with one attached hydrogen (secondary N) is 1. The van der Waals surface area contributed by atoms with Crippen LogP contribution in [0.4, 0.5) is 0 Å². The average Bonchev–Trinajstić information content (AvgIpc) is 3.62. The van der Waals surface area contributed by atoms with Crippen molar-refractivity contribution in [2.75, 3.05) is 13.2 Å². The number of allylic oxidation sites excluding steroid dienone is 9. The van der Waals surface area contributed by atoms with E-state index in [2.05, 4.69) is 67.8 Å². The molecule has 0 fully saturated rings. The highest BCUT2D eigenvalue weighted by molar-refractivity contribution is 5.76. The second kappa shape index (κ2) is 79.0. The van der Waals surface area contributed by atoms with Gasteiger partial charge in [0.05, 0.1) is 25.4 Å². The molecule has 2 atom stereocenters. The van der Waals surface area contributed by atoms with Crippen LogP contribution < -0.4 is 5.32 Å². The monoisotopic (exact) mass is 1260 g/mol. The van der Waals surface area contributed by atoms with Gasteiger partial charge in [-0.25, -0.2) is 0 Å². The van der Waals surface area contributed by atoms with E-state index >= 15 is 0 Å². The number of carbonyl (C=O) groups excluding carboxylic acids is 2. The van der Waals surface area contributed by atoms with Crippen LogP contribution in [0.3, 0.4) is 0 Å². The molecule has 0 rings (SSSR count). The Bertz CT molecular complexity index is 1550. The number of hydrogen-bond acceptors (Lipinski definition) is 5. The number of rotatable bonds is 76. The Hall–Kier alpha value is -2.44. The zero-order valence-corrected chi connectivity index (χ0v) is 60.6. The highest BCUT2D eigenvalue weighted by Crippen LogP contribution is 2.19. The summed E-state index contributed by atoms with van der Waals surface area (Å²) in [6.45, 7) is 4.87. The van der Waals surface area contributed by atoms with Crippen LogP contribution >= 0.6 is 0 Å². The molecule has 2 unspecified atom stereocenters. The van der Waals surface area contributed by atoms with Crippen LogP contribution in [-0.2, 0) is 14.3 Å². The number of hydrogen-bond donors (Lipinski definition) is 3. The number of unbranched alkanes of at least 4 members (excludes halogenated alkanes) is 57. The van der Waals surface area contributed by atoms with Crippen molar-refractivity contribution in [1.29, 1.82) is 0 Å². The molecule has 0 aromatic heterocycles. The van der Waals surface area contributed by atoms with Gasteiger partial charge in [-0.3, -0.25) is 9.59 Å². The normalized spacial score (nSPS) is 12.8. The van der Waals surface area contributed by atoms with Gasteiger partial charge < -0.3 is 20.3 Å². The quantitative estimate of drug-likeness (QED) is 0.0320. The fourth-order valence-corrected chi connectivity index (χ4v) is 12.6. The van der Waals surface area contributed by atoms with E-state index in [0.29, 0.717) is 19.4 Å². The van der Waals surface area contributed by atoms with E-state index in [-0.39, 0.29) is 18.5 Å². The SMILES string of the molecule is CCC/C=C\C/C=C\CCCCCCCC(=O)OCCCCCCCCCCCCC/C=C\C/C=C\CCCCCCCCCCCCCCCCCCCC(=O)NC(CO)C(O)/C=C/CCCCCCCCCCCCCCCCCCCCCCCCC. The molecule has 0 heterocycles. The Morgan fingerprint density at radius 2 is 0.578 bits per heavy atom. The van der Waals surface area contributed by atoms with E-state index in [9.17, 15) is 19.8 Å². The van der Waals surface area contributed by atoms with Crippen LogP contribution in [0, 0.1) is 0 Å². The summed E-state index contributed by atoms with van der Waals surface area (Å²) in [5, 5.41) is 23.3. The third-order valence-electron chi connectivity index (χ3n) is 18.7. The van der Waals surface area contributed by atoms with Crippen LogP contribution in [0.5, 0.6) is 0 Å². The van der Waals surface area contributed by atoms with Gasteiger partial charge in [0.25, 0.3) is 0 Å². The molecule has 0 radical (unpaired) electrons. The second-order valence-corrected chi connectivity index (χ2v) is 27.7. The Morgan fingerprint density at radius 3 is 0.889 bits per heavy atom. The molecule has 3 N–H and O–H groups in total. The lowest BCUT2D eigenvalue weighted by molar-refractivity contribution is -0.143. The van der Waals surface area contributed by atoms with Gasteiger partial charge in [0.1, 0.15) is 0 Å². The molecule has 0 aliphatic carbocycles. The molecule has 1 amide bonds. The van der Waals surface area contributed by atoms with Crippen LogP contribution in [0.2, 0.25) is 0 Å². The molecule has 0 aliphatic rings. The number of carbonyl (C=O) groups is 2. The van der Waals surface area contributed by atoms with Crippen molar-refractivity contribution < 1.29 is 24.5 Å². The second-order valence-electron chi connectivity index (χ2n) is 27.7. The highest BCUT2D eigenvalue weighted by atomic mass is 16.5. The predicted molar refractivity (Wildman–Crippen MR) is 398 cm³/mol. The van der Waals surface area contributed by atoms with E-state index in [1.165, 1.54) is 353 Å². The highest BCUT2D eigenvalue weighted by Gasteiger charge is 2.18. The molecule has 0 aromatic carbocycles. The molecule has 0 spiro atoms. The average molecular weight is 1260 g/mol. The third-order valence-corrected chi connectivity index (χ3v) is 18.7. The molecular formula is C84H157NO5. The molecule has 90 heavy (non-hydrogen) atoms. The van der Waals surface area contributed by atoms with Crippen molar-refractivity contribution in [2.24, 2.45) is 0 Å². The van der Waals surface area contributed by atoms with Crippen molar-refractivity contribution in [2.45, 2.75) is 450 Å². The smallest absolute Gasteiger partial charge is 0.305 e. The summed E-state index contributed by atoms with van der Waals surface area (Å²) in [6, 6.07) is -0.629. The summed E-state index contributed by atoms with van der Waals surface area (Å²) in [5.74, 6) is -0.0598. The van der Waals surface area contributed by atoms with Crippen molar-refractivity contribution in [3.63, 3.8) is 0 Å². The number of ether oxygens (including phenoxy) is 1. The topological polar surface area (TPSA) is 95.9 Å². The first-order valence-corrected chi connectivity index (χ1v) is 40.6. The number of amides is 1. The zero-order valence-electron chi connectivity index (χ0n) is 60.6. The van der Waals surface area contributed by atoms with E-state index in [1.54, 1.807) is 6.08 Å². The van der Waals surface area contributed by atoms with Crippen molar-refractivity contribution in [1.82, 2.24) is 5.32 Å². The minimum atomic E-state index is -0.846. The van der Waals surface area contributed by atoms with Crippen LogP contribution in [0.15, 0.2) is 60.8 Å². The first-order chi connectivity index (χ1) is 44.5. The van der Waals surface area contributed by atoms with E-state index in [1.807, 2.05) is 6.08 Å². The number of aliphatic hydroxyl groups excluding tert-OH is 2. The lowest BCUT2D eigenvalue weighted by Crippen LogP contribution is -2.45. The standard InChI is InChI=1S/C84H157NO5/c1-3-5-7-9-11-13-15-17-18-19-20-21-22-34-37-40-43-46-49-53-56-60-64-68-72-76-82(87)81(80-86)85-83(88)77-73-69-65-61-57-54-50-47-44-41-38-35-32-30-28-26-24-23-25-27-29-31-33-36-39-42-45-48-51-55-59-63-67-71-75-79-90-84(89)78-74-70-66-62-58-52-16-14-12-10-8-6-4-2/h8,10,14,16,25,27,31,33,72,76,81-82,86-87H,3-7,9,11-13,15,17-24,26,28-30,32,34-71,73-75,77-80H2,1-2H3,(H,85,88)/b10-8-,16-14-,27-25-,33-31-,76-72+. The molecule has 0 bridgehead atoms. The van der Waals surface area contributed by atoms with E-state index in [4.69, 9.17) is 4.74 Å². The molecule has 528 valence electrons. The largest absolute Gasteiger partial charge is 0.466 e. The van der Waals surface area contributed by atoms with Crippen LogP contribution in [0.25, 0.3) is 0 Å². The molecule has 0 aromatic rings. The molecule has 6 nitrogen and oxygen atoms in total. The molecular weight excluding hydrogens is 1100 g/mol. The molecule has 0 saturated heterocycles. The maximum absolute atomic E-state index is 12.6. The first-order valence-electron chi connectivity index (χ1n) is 40.6. The van der Waals surface area contributed by atoms with Gasteiger partial charge >= 0.3 is 5.97 Å². The fourth-order valence-electron chi connectivity index (χ4n) is 12.6. The van der Waals surface area contributed by atoms with Crippen LogP contribution in [-0.4, -0.2) is 47.4 Å². The van der Waals surface area contributed by atoms with Gasteiger partial charge in [-0.2, -0.15) is 0 Å². The van der Waals surface area contributed by atoms with Crippen LogP contribution in [0.1, 0.15) is 438 Å². The predicted octanol–water partition coefficient (Wildman–Crippen LogP) is 26.9. The van der Waals surface area contributed by atoms with Gasteiger partial charge in [0.2, 0.25) is 5.91 Å². The maximum atomic E-state index is 12.6. The van der Waals surface area contributed by atoms with E-state index < -0.39 is 12.1 Å². The first kappa shape index (κ1) is 87.6. The Balaban J connectivity index is 3.40. The van der Waals surface area contributed by atoms with Gasteiger partial charge in [0.15, 0.2) is 0 Å². The number of aliphatic hydroxyl groups is 2. The minimum Gasteiger partial charge on any atom is -0.466 e. The van der Waals surface area contributed by atoms with Gasteiger partial charge in [-0.1, -0.05) is 396 Å². The summed E-state index contributed by atoms with van der Waals surface area (Å²) in [5.41, 5.74) is 0. The Kier molecular flexibility index (Phi) is 76.9. The minimum absolute atomic E-state index is 0.00129. The maximum Gasteiger partial charge on any atom is 0.305 e.